The number of aryl methyl sites for hydroxylation is 1. The van der Waals surface area contributed by atoms with Gasteiger partial charge >= 0.3 is 5.97 Å². The number of alkyl halides is 1. The molecule has 0 spiro atoms. The molecule has 0 aromatic carbocycles. The molecule has 0 aliphatic rings. The molecular formula is C10H13BrNO2+. The summed E-state index contributed by atoms with van der Waals surface area (Å²) < 4.78 is 6.84. The molecule has 0 saturated carbocycles. The van der Waals surface area contributed by atoms with Gasteiger partial charge in [0.15, 0.2) is 18.9 Å². The minimum Gasteiger partial charge on any atom is -0.462 e. The Morgan fingerprint density at radius 3 is 3.07 bits per heavy atom. The molecule has 0 fully saturated rings. The summed E-state index contributed by atoms with van der Waals surface area (Å²) in [7, 11) is 0. The van der Waals surface area contributed by atoms with E-state index in [1.807, 2.05) is 16.8 Å². The molecule has 0 aliphatic carbocycles. The van der Waals surface area contributed by atoms with E-state index >= 15 is 0 Å². The lowest BCUT2D eigenvalue weighted by Gasteiger charge is -2.00. The van der Waals surface area contributed by atoms with Gasteiger partial charge in [0, 0.05) is 6.07 Å². The zero-order valence-corrected chi connectivity index (χ0v) is 9.66. The van der Waals surface area contributed by atoms with E-state index < -0.39 is 0 Å². The Morgan fingerprint density at radius 1 is 1.64 bits per heavy atom. The molecule has 0 unspecified atom stereocenters. The van der Waals surface area contributed by atoms with Gasteiger partial charge in [-0.25, -0.2) is 9.36 Å². The maximum Gasteiger partial charge on any atom is 0.344 e. The van der Waals surface area contributed by atoms with Crippen LogP contribution in [-0.2, 0) is 11.3 Å². The number of hydrogen-bond donors (Lipinski definition) is 0. The van der Waals surface area contributed by atoms with Crippen LogP contribution >= 0.6 is 15.9 Å². The number of pyridine rings is 1. The van der Waals surface area contributed by atoms with Crippen LogP contribution < -0.4 is 4.57 Å². The summed E-state index contributed by atoms with van der Waals surface area (Å²) in [5, 5.41) is 0.865. The first-order valence-electron chi connectivity index (χ1n) is 4.50. The van der Waals surface area contributed by atoms with E-state index in [4.69, 9.17) is 4.74 Å². The molecule has 0 radical (unpaired) electrons. The van der Waals surface area contributed by atoms with Crippen molar-refractivity contribution in [3.63, 3.8) is 0 Å². The lowest BCUT2D eigenvalue weighted by molar-refractivity contribution is -0.692. The van der Waals surface area contributed by atoms with Crippen LogP contribution in [-0.4, -0.2) is 17.9 Å². The van der Waals surface area contributed by atoms with Gasteiger partial charge in [-0.2, -0.15) is 0 Å². The van der Waals surface area contributed by atoms with E-state index in [1.54, 1.807) is 19.2 Å². The number of hydrogen-bond acceptors (Lipinski definition) is 2. The summed E-state index contributed by atoms with van der Waals surface area (Å²) >= 11 is 3.34. The van der Waals surface area contributed by atoms with Crippen molar-refractivity contribution in [1.29, 1.82) is 0 Å². The second-order valence-corrected chi connectivity index (χ2v) is 3.53. The molecule has 0 N–H and O–H groups in total. The van der Waals surface area contributed by atoms with Gasteiger partial charge in [-0.15, -0.1) is 0 Å². The Morgan fingerprint density at radius 2 is 2.43 bits per heavy atom. The quantitative estimate of drug-likeness (QED) is 0.466. The van der Waals surface area contributed by atoms with Crippen molar-refractivity contribution in [2.45, 2.75) is 13.5 Å². The molecule has 0 saturated heterocycles. The number of carbonyl (C=O) groups excluding carboxylic acids is 1. The highest BCUT2D eigenvalue weighted by Gasteiger charge is 2.10. The lowest BCUT2D eigenvalue weighted by Crippen LogP contribution is -2.34. The van der Waals surface area contributed by atoms with Gasteiger partial charge in [0.1, 0.15) is 5.56 Å². The SMILES string of the molecule is CCOC(=O)c1ccc[n+](CCBr)c1. The highest BCUT2D eigenvalue weighted by atomic mass is 79.9. The zero-order chi connectivity index (χ0) is 10.4. The molecule has 0 bridgehead atoms. The van der Waals surface area contributed by atoms with Gasteiger partial charge in [0.05, 0.1) is 11.9 Å². The molecule has 14 heavy (non-hydrogen) atoms. The second-order valence-electron chi connectivity index (χ2n) is 2.74. The molecule has 0 amide bonds. The fraction of sp³-hybridized carbons (Fsp3) is 0.400. The monoisotopic (exact) mass is 258 g/mol. The maximum absolute atomic E-state index is 11.4. The first kappa shape index (κ1) is 11.2. The molecule has 1 rings (SSSR count). The standard InChI is InChI=1S/C10H13BrNO2/c1-2-14-10(13)9-4-3-6-12(8-9)7-5-11/h3-4,6,8H,2,5,7H2,1H3/q+1. The molecule has 76 valence electrons. The zero-order valence-electron chi connectivity index (χ0n) is 8.07. The third-order valence-corrected chi connectivity index (χ3v) is 2.07. The van der Waals surface area contributed by atoms with Crippen molar-refractivity contribution < 1.29 is 14.1 Å². The molecule has 1 heterocycles. The summed E-state index contributed by atoms with van der Waals surface area (Å²) in [6.07, 6.45) is 3.71. The van der Waals surface area contributed by atoms with Gasteiger partial charge in [-0.3, -0.25) is 0 Å². The molecule has 0 atom stereocenters. The summed E-state index contributed by atoms with van der Waals surface area (Å²) in [6.45, 7) is 3.05. The van der Waals surface area contributed by atoms with E-state index in [9.17, 15) is 4.79 Å². The fourth-order valence-electron chi connectivity index (χ4n) is 1.09. The van der Waals surface area contributed by atoms with Crippen LogP contribution in [0.25, 0.3) is 0 Å². The summed E-state index contributed by atoms with van der Waals surface area (Å²) in [5.74, 6) is -0.267. The van der Waals surface area contributed by atoms with Crippen molar-refractivity contribution in [2.75, 3.05) is 11.9 Å². The molecule has 0 aliphatic heterocycles. The average molecular weight is 259 g/mol. The molecule has 1 aromatic heterocycles. The van der Waals surface area contributed by atoms with Crippen molar-refractivity contribution >= 4 is 21.9 Å². The summed E-state index contributed by atoms with van der Waals surface area (Å²) in [6, 6.07) is 3.59. The Bertz CT molecular complexity index is 315. The predicted octanol–water partition coefficient (Wildman–Crippen LogP) is 1.55. The van der Waals surface area contributed by atoms with E-state index in [0.29, 0.717) is 12.2 Å². The van der Waals surface area contributed by atoms with Crippen LogP contribution in [0.15, 0.2) is 24.5 Å². The van der Waals surface area contributed by atoms with Crippen molar-refractivity contribution in [1.82, 2.24) is 0 Å². The van der Waals surface area contributed by atoms with Crippen molar-refractivity contribution in [3.8, 4) is 0 Å². The number of nitrogens with zero attached hydrogens (tertiary/aromatic N) is 1. The van der Waals surface area contributed by atoms with Gasteiger partial charge in [0.2, 0.25) is 0 Å². The van der Waals surface area contributed by atoms with E-state index in [-0.39, 0.29) is 5.97 Å². The number of esters is 1. The smallest absolute Gasteiger partial charge is 0.344 e. The number of rotatable bonds is 4. The minimum atomic E-state index is -0.267. The van der Waals surface area contributed by atoms with E-state index in [0.717, 1.165) is 11.9 Å². The van der Waals surface area contributed by atoms with Gasteiger partial charge in [-0.1, -0.05) is 15.9 Å². The molecule has 3 nitrogen and oxygen atoms in total. The van der Waals surface area contributed by atoms with Crippen LogP contribution in [0.4, 0.5) is 0 Å². The van der Waals surface area contributed by atoms with Crippen LogP contribution in [0.3, 0.4) is 0 Å². The third-order valence-electron chi connectivity index (χ3n) is 1.71. The highest BCUT2D eigenvalue weighted by Crippen LogP contribution is 1.97. The van der Waals surface area contributed by atoms with Gasteiger partial charge in [-0.05, 0) is 13.0 Å². The van der Waals surface area contributed by atoms with Crippen LogP contribution in [0, 0.1) is 0 Å². The van der Waals surface area contributed by atoms with Crippen molar-refractivity contribution in [3.05, 3.63) is 30.1 Å². The topological polar surface area (TPSA) is 30.2 Å². The molecule has 1 aromatic rings. The average Bonchev–Trinajstić information content (AvgIpc) is 2.19. The normalized spacial score (nSPS) is 9.86. The Hall–Kier alpha value is -0.900. The molecular weight excluding hydrogens is 246 g/mol. The summed E-state index contributed by atoms with van der Waals surface area (Å²) in [5.41, 5.74) is 0.593. The number of carbonyl (C=O) groups is 1. The fourth-order valence-corrected chi connectivity index (χ4v) is 1.50. The van der Waals surface area contributed by atoms with Crippen LogP contribution in [0.1, 0.15) is 17.3 Å². The minimum absolute atomic E-state index is 0.267. The maximum atomic E-state index is 11.4. The highest BCUT2D eigenvalue weighted by molar-refractivity contribution is 9.09. The van der Waals surface area contributed by atoms with Crippen molar-refractivity contribution in [2.24, 2.45) is 0 Å². The Labute approximate surface area is 91.8 Å². The number of halogens is 1. The van der Waals surface area contributed by atoms with Crippen LogP contribution in [0.2, 0.25) is 0 Å². The molecule has 4 heteroatoms. The summed E-state index contributed by atoms with van der Waals surface area (Å²) in [4.78, 5) is 11.4. The van der Waals surface area contributed by atoms with Gasteiger partial charge < -0.3 is 4.74 Å². The van der Waals surface area contributed by atoms with Crippen LogP contribution in [0.5, 0.6) is 0 Å². The third kappa shape index (κ3) is 3.10. The van der Waals surface area contributed by atoms with E-state index in [2.05, 4.69) is 15.9 Å². The lowest BCUT2D eigenvalue weighted by atomic mass is 10.3. The Balaban J connectivity index is 2.77. The number of aromatic nitrogens is 1. The van der Waals surface area contributed by atoms with Gasteiger partial charge in [0.25, 0.3) is 0 Å². The first-order chi connectivity index (χ1) is 6.77. The second kappa shape index (κ2) is 5.75. The Kier molecular flexibility index (Phi) is 4.59. The largest absolute Gasteiger partial charge is 0.462 e. The first-order valence-corrected chi connectivity index (χ1v) is 5.62. The predicted molar refractivity (Wildman–Crippen MR) is 56.4 cm³/mol. The van der Waals surface area contributed by atoms with E-state index in [1.165, 1.54) is 0 Å². The number of ether oxygens (including phenoxy) is 1.